The van der Waals surface area contributed by atoms with Crippen LogP contribution in [0.25, 0.3) is 0 Å². The maximum atomic E-state index is 12.0. The summed E-state index contributed by atoms with van der Waals surface area (Å²) in [7, 11) is 1.58. The van der Waals surface area contributed by atoms with Crippen molar-refractivity contribution in [2.45, 2.75) is 39.2 Å². The lowest BCUT2D eigenvalue weighted by Gasteiger charge is -2.27. The number of nitrogens with two attached hydrogens (primary N) is 1. The Kier molecular flexibility index (Phi) is 6.57. The molecule has 100 valence electrons. The highest BCUT2D eigenvalue weighted by molar-refractivity contribution is 5.81. The highest BCUT2D eigenvalue weighted by Crippen LogP contribution is 2.14. The molecule has 6 heteroatoms. The Balaban J connectivity index is 4.31. The van der Waals surface area contributed by atoms with Crippen LogP contribution in [0.1, 0.15) is 33.6 Å². The molecule has 0 fully saturated rings. The van der Waals surface area contributed by atoms with E-state index in [9.17, 15) is 4.79 Å². The fourth-order valence-electron chi connectivity index (χ4n) is 1.31. The molecule has 0 bridgehead atoms. The lowest BCUT2D eigenvalue weighted by Crippen LogP contribution is -2.38. The average molecular weight is 245 g/mol. The van der Waals surface area contributed by atoms with Crippen molar-refractivity contribution in [1.82, 2.24) is 4.90 Å². The van der Waals surface area contributed by atoms with E-state index in [1.807, 2.05) is 20.8 Å². The molecule has 0 saturated carbocycles. The summed E-state index contributed by atoms with van der Waals surface area (Å²) in [4.78, 5) is 13.6. The van der Waals surface area contributed by atoms with Gasteiger partial charge in [-0.3, -0.25) is 4.79 Å². The highest BCUT2D eigenvalue weighted by Gasteiger charge is 2.24. The molecular formula is C11H23N3O3. The first-order valence-corrected chi connectivity index (χ1v) is 5.65. The van der Waals surface area contributed by atoms with Crippen LogP contribution in [-0.2, 0) is 9.53 Å². The van der Waals surface area contributed by atoms with Gasteiger partial charge in [0.05, 0.1) is 12.0 Å². The van der Waals surface area contributed by atoms with E-state index in [2.05, 4.69) is 5.16 Å². The number of hydrogen-bond donors (Lipinski definition) is 2. The Labute approximate surface area is 102 Å². The SMILES string of the molecule is CCN(CCC(N)=NO)C(=O)CC(C)(C)OC. The molecule has 0 atom stereocenters. The summed E-state index contributed by atoms with van der Waals surface area (Å²) in [5.74, 6) is 0.132. The van der Waals surface area contributed by atoms with E-state index in [0.717, 1.165) is 0 Å². The van der Waals surface area contributed by atoms with Crippen LogP contribution in [0.5, 0.6) is 0 Å². The average Bonchev–Trinajstić information content (AvgIpc) is 2.28. The van der Waals surface area contributed by atoms with Crippen LogP contribution in [0.2, 0.25) is 0 Å². The molecule has 0 rings (SSSR count). The topological polar surface area (TPSA) is 88.1 Å². The molecule has 0 aromatic carbocycles. The number of ether oxygens (including phenoxy) is 1. The third kappa shape index (κ3) is 6.11. The molecule has 3 N–H and O–H groups in total. The molecule has 0 aromatic heterocycles. The molecule has 6 nitrogen and oxygen atoms in total. The van der Waals surface area contributed by atoms with Crippen LogP contribution in [-0.4, -0.2) is 47.7 Å². The first-order valence-electron chi connectivity index (χ1n) is 5.65. The molecule has 0 unspecified atom stereocenters. The number of hydrogen-bond acceptors (Lipinski definition) is 4. The summed E-state index contributed by atoms with van der Waals surface area (Å²) in [6.45, 7) is 6.66. The molecule has 1 amide bonds. The van der Waals surface area contributed by atoms with Crippen LogP contribution in [0, 0.1) is 0 Å². The van der Waals surface area contributed by atoms with Gasteiger partial charge in [0.1, 0.15) is 5.84 Å². The minimum atomic E-state index is -0.471. The standard InChI is InChI=1S/C11H23N3O3/c1-5-14(7-6-9(12)13-16)10(15)8-11(2,3)17-4/h16H,5-8H2,1-4H3,(H2,12,13). The van der Waals surface area contributed by atoms with Gasteiger partial charge < -0.3 is 20.6 Å². The van der Waals surface area contributed by atoms with E-state index >= 15 is 0 Å². The summed E-state index contributed by atoms with van der Waals surface area (Å²) >= 11 is 0. The Bertz CT molecular complexity index is 277. The monoisotopic (exact) mass is 245 g/mol. The summed E-state index contributed by atoms with van der Waals surface area (Å²) in [5, 5.41) is 11.3. The number of amidine groups is 1. The maximum absolute atomic E-state index is 12.0. The predicted molar refractivity (Wildman–Crippen MR) is 66.0 cm³/mol. The highest BCUT2D eigenvalue weighted by atomic mass is 16.5. The van der Waals surface area contributed by atoms with Crippen molar-refractivity contribution >= 4 is 11.7 Å². The van der Waals surface area contributed by atoms with Gasteiger partial charge in [0.15, 0.2) is 0 Å². The summed E-state index contributed by atoms with van der Waals surface area (Å²) in [6.07, 6.45) is 0.678. The second-order valence-corrected chi connectivity index (χ2v) is 4.46. The van der Waals surface area contributed by atoms with Crippen molar-refractivity contribution in [3.05, 3.63) is 0 Å². The van der Waals surface area contributed by atoms with Crippen molar-refractivity contribution in [1.29, 1.82) is 0 Å². The van der Waals surface area contributed by atoms with Gasteiger partial charge in [0.25, 0.3) is 0 Å². The molecule has 17 heavy (non-hydrogen) atoms. The summed E-state index contributed by atoms with van der Waals surface area (Å²) in [5.41, 5.74) is 4.90. The largest absolute Gasteiger partial charge is 0.409 e. The molecule has 0 heterocycles. The van der Waals surface area contributed by atoms with E-state index < -0.39 is 5.60 Å². The van der Waals surface area contributed by atoms with Gasteiger partial charge in [0.2, 0.25) is 5.91 Å². The van der Waals surface area contributed by atoms with E-state index in [4.69, 9.17) is 15.7 Å². The normalized spacial score (nSPS) is 12.6. The minimum absolute atomic E-state index is 0.00471. The number of rotatable bonds is 7. The zero-order valence-corrected chi connectivity index (χ0v) is 11.1. The number of amides is 1. The molecule has 0 saturated heterocycles. The number of carbonyl (C=O) groups excluding carboxylic acids is 1. The van der Waals surface area contributed by atoms with Crippen molar-refractivity contribution < 1.29 is 14.7 Å². The van der Waals surface area contributed by atoms with Gasteiger partial charge in [0, 0.05) is 26.6 Å². The molecule has 0 aliphatic carbocycles. The quantitative estimate of drug-likeness (QED) is 0.300. The van der Waals surface area contributed by atoms with Gasteiger partial charge in [-0.25, -0.2) is 0 Å². The zero-order chi connectivity index (χ0) is 13.5. The lowest BCUT2D eigenvalue weighted by atomic mass is 10.0. The van der Waals surface area contributed by atoms with Crippen LogP contribution in [0.4, 0.5) is 0 Å². The summed E-state index contributed by atoms with van der Waals surface area (Å²) < 4.78 is 5.21. The Morgan fingerprint density at radius 3 is 2.53 bits per heavy atom. The molecule has 0 radical (unpaired) electrons. The van der Waals surface area contributed by atoms with E-state index in [-0.39, 0.29) is 11.7 Å². The molecule has 0 aromatic rings. The molecule has 0 aliphatic heterocycles. The Morgan fingerprint density at radius 1 is 1.53 bits per heavy atom. The van der Waals surface area contributed by atoms with Crippen molar-refractivity contribution in [3.63, 3.8) is 0 Å². The number of methoxy groups -OCH3 is 1. The fourth-order valence-corrected chi connectivity index (χ4v) is 1.31. The van der Waals surface area contributed by atoms with Crippen LogP contribution >= 0.6 is 0 Å². The third-order valence-electron chi connectivity index (χ3n) is 2.63. The van der Waals surface area contributed by atoms with Gasteiger partial charge in [-0.15, -0.1) is 0 Å². The first-order chi connectivity index (χ1) is 7.86. The van der Waals surface area contributed by atoms with Gasteiger partial charge in [-0.1, -0.05) is 5.16 Å². The minimum Gasteiger partial charge on any atom is -0.409 e. The zero-order valence-electron chi connectivity index (χ0n) is 11.1. The van der Waals surface area contributed by atoms with Crippen LogP contribution < -0.4 is 5.73 Å². The fraction of sp³-hybridized carbons (Fsp3) is 0.818. The number of carbonyl (C=O) groups is 1. The van der Waals surface area contributed by atoms with Gasteiger partial charge >= 0.3 is 0 Å². The number of oxime groups is 1. The Morgan fingerprint density at radius 2 is 2.12 bits per heavy atom. The first kappa shape index (κ1) is 15.7. The molecule has 0 aliphatic rings. The van der Waals surface area contributed by atoms with E-state index in [1.54, 1.807) is 12.0 Å². The summed E-state index contributed by atoms with van der Waals surface area (Å²) in [6, 6.07) is 0. The smallest absolute Gasteiger partial charge is 0.225 e. The van der Waals surface area contributed by atoms with Crippen molar-refractivity contribution in [2.75, 3.05) is 20.2 Å². The third-order valence-corrected chi connectivity index (χ3v) is 2.63. The number of nitrogens with zero attached hydrogens (tertiary/aromatic N) is 2. The molecule has 0 spiro atoms. The molecular weight excluding hydrogens is 222 g/mol. The maximum Gasteiger partial charge on any atom is 0.225 e. The lowest BCUT2D eigenvalue weighted by molar-refractivity contribution is -0.136. The predicted octanol–water partition coefficient (Wildman–Crippen LogP) is 0.786. The van der Waals surface area contributed by atoms with Crippen molar-refractivity contribution in [2.24, 2.45) is 10.9 Å². The second kappa shape index (κ2) is 7.11. The van der Waals surface area contributed by atoms with Crippen LogP contribution in [0.15, 0.2) is 5.16 Å². The van der Waals surface area contributed by atoms with Crippen LogP contribution in [0.3, 0.4) is 0 Å². The van der Waals surface area contributed by atoms with E-state index in [0.29, 0.717) is 25.9 Å². The Hall–Kier alpha value is -1.30. The van der Waals surface area contributed by atoms with Gasteiger partial charge in [-0.05, 0) is 20.8 Å². The second-order valence-electron chi connectivity index (χ2n) is 4.46. The van der Waals surface area contributed by atoms with Gasteiger partial charge in [-0.2, -0.15) is 0 Å². The van der Waals surface area contributed by atoms with Crippen molar-refractivity contribution in [3.8, 4) is 0 Å². The van der Waals surface area contributed by atoms with E-state index in [1.165, 1.54) is 0 Å².